The van der Waals surface area contributed by atoms with Crippen LogP contribution in [-0.4, -0.2) is 36.0 Å². The number of nitrogens with zero attached hydrogens (tertiary/aromatic N) is 1. The van der Waals surface area contributed by atoms with Crippen LogP contribution in [0.3, 0.4) is 0 Å². The van der Waals surface area contributed by atoms with Crippen molar-refractivity contribution >= 4 is 5.91 Å². The molecule has 0 aromatic heterocycles. The summed E-state index contributed by atoms with van der Waals surface area (Å²) < 4.78 is 5.69. The molecule has 1 fully saturated rings. The van der Waals surface area contributed by atoms with Gasteiger partial charge in [-0.15, -0.1) is 0 Å². The van der Waals surface area contributed by atoms with Crippen molar-refractivity contribution in [2.45, 2.75) is 52.3 Å². The van der Waals surface area contributed by atoms with Crippen molar-refractivity contribution in [3.63, 3.8) is 0 Å². The lowest BCUT2D eigenvalue weighted by Gasteiger charge is -2.21. The van der Waals surface area contributed by atoms with E-state index in [9.17, 15) is 4.79 Å². The fourth-order valence-electron chi connectivity index (χ4n) is 2.57. The molecule has 4 nitrogen and oxygen atoms in total. The summed E-state index contributed by atoms with van der Waals surface area (Å²) in [4.78, 5) is 14.2. The van der Waals surface area contributed by atoms with Crippen LogP contribution >= 0.6 is 0 Å². The molecule has 4 heteroatoms. The molecule has 1 saturated heterocycles. The molecule has 1 heterocycles. The van der Waals surface area contributed by atoms with Crippen LogP contribution in [0, 0.1) is 0 Å². The molecule has 1 aliphatic heterocycles. The molecule has 0 radical (unpaired) electrons. The summed E-state index contributed by atoms with van der Waals surface area (Å²) in [7, 11) is 0. The third kappa shape index (κ3) is 4.74. The molecule has 1 N–H and O–H groups in total. The summed E-state index contributed by atoms with van der Waals surface area (Å²) in [6.45, 7) is 8.46. The summed E-state index contributed by atoms with van der Waals surface area (Å²) in [5.41, 5.74) is 1.13. The van der Waals surface area contributed by atoms with Crippen molar-refractivity contribution in [3.05, 3.63) is 29.8 Å². The van der Waals surface area contributed by atoms with Gasteiger partial charge in [-0.25, -0.2) is 0 Å². The van der Waals surface area contributed by atoms with Crippen LogP contribution in [0.25, 0.3) is 0 Å². The van der Waals surface area contributed by atoms with Crippen molar-refractivity contribution in [2.24, 2.45) is 0 Å². The van der Waals surface area contributed by atoms with Crippen LogP contribution in [-0.2, 0) is 11.3 Å². The van der Waals surface area contributed by atoms with E-state index in [1.165, 1.54) is 0 Å². The molecule has 1 unspecified atom stereocenters. The summed E-state index contributed by atoms with van der Waals surface area (Å²) in [6, 6.07) is 7.88. The van der Waals surface area contributed by atoms with E-state index in [1.54, 1.807) is 0 Å². The molecule has 1 atom stereocenters. The lowest BCUT2D eigenvalue weighted by atomic mass is 10.2. The van der Waals surface area contributed by atoms with Crippen LogP contribution in [0.15, 0.2) is 24.3 Å². The smallest absolute Gasteiger partial charge is 0.239 e. The molecule has 116 valence electrons. The Morgan fingerprint density at radius 1 is 1.29 bits per heavy atom. The molecule has 2 rings (SSSR count). The van der Waals surface area contributed by atoms with Crippen LogP contribution in [0.5, 0.6) is 5.75 Å². The minimum absolute atomic E-state index is 0.141. The number of benzene rings is 1. The summed E-state index contributed by atoms with van der Waals surface area (Å²) >= 11 is 0. The minimum atomic E-state index is -0.141. The maximum Gasteiger partial charge on any atom is 0.239 e. The third-order valence-electron chi connectivity index (χ3n) is 3.67. The maximum absolute atomic E-state index is 12.2. The highest BCUT2D eigenvalue weighted by Gasteiger charge is 2.22. The second kappa shape index (κ2) is 7.46. The fourth-order valence-corrected chi connectivity index (χ4v) is 2.57. The topological polar surface area (TPSA) is 41.6 Å². The highest BCUT2D eigenvalue weighted by molar-refractivity contribution is 5.81. The fraction of sp³-hybridized carbons (Fsp3) is 0.588. The Kier molecular flexibility index (Phi) is 5.62. The van der Waals surface area contributed by atoms with E-state index < -0.39 is 0 Å². The Morgan fingerprint density at radius 2 is 2.00 bits per heavy atom. The van der Waals surface area contributed by atoms with Gasteiger partial charge in [-0.05, 0) is 51.3 Å². The quantitative estimate of drug-likeness (QED) is 0.875. The van der Waals surface area contributed by atoms with E-state index in [1.807, 2.05) is 49.9 Å². The van der Waals surface area contributed by atoms with Crippen molar-refractivity contribution in [2.75, 3.05) is 13.1 Å². The number of likely N-dealkylation sites (tertiary alicyclic amines) is 1. The van der Waals surface area contributed by atoms with Gasteiger partial charge in [-0.3, -0.25) is 4.79 Å². The van der Waals surface area contributed by atoms with Gasteiger partial charge in [-0.1, -0.05) is 12.1 Å². The number of amides is 1. The van der Waals surface area contributed by atoms with Crippen molar-refractivity contribution in [3.8, 4) is 5.75 Å². The number of nitrogens with one attached hydrogen (secondary N) is 1. The SMILES string of the molecule is CC(C)Oc1cccc(CNC(C)C(=O)N2CCCC2)c1. The largest absolute Gasteiger partial charge is 0.491 e. The first-order chi connectivity index (χ1) is 10.1. The lowest BCUT2D eigenvalue weighted by Crippen LogP contribution is -2.43. The van der Waals surface area contributed by atoms with Crippen molar-refractivity contribution in [1.82, 2.24) is 10.2 Å². The summed E-state index contributed by atoms with van der Waals surface area (Å²) in [5.74, 6) is 1.09. The monoisotopic (exact) mass is 290 g/mol. The standard InChI is InChI=1S/C17H26N2O2/c1-13(2)21-16-8-6-7-15(11-16)12-18-14(3)17(20)19-9-4-5-10-19/h6-8,11,13-14,18H,4-5,9-10,12H2,1-3H3. The van der Waals surface area contributed by atoms with Gasteiger partial charge in [0.25, 0.3) is 0 Å². The zero-order chi connectivity index (χ0) is 15.2. The zero-order valence-electron chi connectivity index (χ0n) is 13.3. The number of ether oxygens (including phenoxy) is 1. The molecule has 0 saturated carbocycles. The van der Waals surface area contributed by atoms with Gasteiger partial charge >= 0.3 is 0 Å². The molecule has 1 aliphatic rings. The first-order valence-electron chi connectivity index (χ1n) is 7.84. The van der Waals surface area contributed by atoms with Gasteiger partial charge in [-0.2, -0.15) is 0 Å². The molecule has 1 aromatic rings. The number of rotatable bonds is 6. The van der Waals surface area contributed by atoms with Gasteiger partial charge in [0.1, 0.15) is 5.75 Å². The van der Waals surface area contributed by atoms with Crippen LogP contribution in [0.1, 0.15) is 39.2 Å². The molecule has 21 heavy (non-hydrogen) atoms. The zero-order valence-corrected chi connectivity index (χ0v) is 13.3. The molecule has 1 amide bonds. The molecular formula is C17H26N2O2. The molecule has 0 bridgehead atoms. The Balaban J connectivity index is 1.85. The van der Waals surface area contributed by atoms with Crippen LogP contribution in [0.4, 0.5) is 0 Å². The first kappa shape index (κ1) is 15.8. The second-order valence-corrected chi connectivity index (χ2v) is 5.95. The van der Waals surface area contributed by atoms with Gasteiger partial charge in [0.15, 0.2) is 0 Å². The van der Waals surface area contributed by atoms with Crippen molar-refractivity contribution < 1.29 is 9.53 Å². The maximum atomic E-state index is 12.2. The average molecular weight is 290 g/mol. The van der Waals surface area contributed by atoms with Gasteiger partial charge < -0.3 is 15.0 Å². The Bertz CT molecular complexity index is 468. The van der Waals surface area contributed by atoms with E-state index in [0.29, 0.717) is 6.54 Å². The Labute approximate surface area is 127 Å². The van der Waals surface area contributed by atoms with E-state index in [0.717, 1.165) is 37.2 Å². The van der Waals surface area contributed by atoms with Gasteiger partial charge in [0.05, 0.1) is 12.1 Å². The minimum Gasteiger partial charge on any atom is -0.491 e. The van der Waals surface area contributed by atoms with Crippen LogP contribution < -0.4 is 10.1 Å². The van der Waals surface area contributed by atoms with E-state index >= 15 is 0 Å². The third-order valence-corrected chi connectivity index (χ3v) is 3.67. The van der Waals surface area contributed by atoms with E-state index in [-0.39, 0.29) is 18.1 Å². The lowest BCUT2D eigenvalue weighted by molar-refractivity contribution is -0.131. The number of hydrogen-bond acceptors (Lipinski definition) is 3. The average Bonchev–Trinajstić information content (AvgIpc) is 2.97. The Hall–Kier alpha value is -1.55. The highest BCUT2D eigenvalue weighted by Crippen LogP contribution is 2.15. The predicted molar refractivity (Wildman–Crippen MR) is 84.3 cm³/mol. The van der Waals surface area contributed by atoms with E-state index in [4.69, 9.17) is 4.74 Å². The first-order valence-corrected chi connectivity index (χ1v) is 7.84. The molecule has 0 spiro atoms. The number of carbonyl (C=O) groups is 1. The van der Waals surface area contributed by atoms with Crippen LogP contribution in [0.2, 0.25) is 0 Å². The highest BCUT2D eigenvalue weighted by atomic mass is 16.5. The molecule has 0 aliphatic carbocycles. The van der Waals surface area contributed by atoms with Crippen molar-refractivity contribution in [1.29, 1.82) is 0 Å². The molecular weight excluding hydrogens is 264 g/mol. The van der Waals surface area contributed by atoms with Gasteiger partial charge in [0, 0.05) is 19.6 Å². The normalized spacial score (nSPS) is 16.3. The Morgan fingerprint density at radius 3 is 2.67 bits per heavy atom. The number of carbonyl (C=O) groups excluding carboxylic acids is 1. The van der Waals surface area contributed by atoms with E-state index in [2.05, 4.69) is 5.32 Å². The van der Waals surface area contributed by atoms with Gasteiger partial charge in [0.2, 0.25) is 5.91 Å². The summed E-state index contributed by atoms with van der Waals surface area (Å²) in [5, 5.41) is 3.31. The predicted octanol–water partition coefficient (Wildman–Crippen LogP) is 2.57. The number of hydrogen-bond donors (Lipinski definition) is 1. The summed E-state index contributed by atoms with van der Waals surface area (Å²) in [6.07, 6.45) is 2.43. The second-order valence-electron chi connectivity index (χ2n) is 5.95. The molecule has 1 aromatic carbocycles.